The molecular formula is CuNO2. The van der Waals surface area contributed by atoms with Crippen molar-refractivity contribution < 1.29 is 17.1 Å². The molecule has 0 saturated heterocycles. The molecule has 0 N–H and O–H groups in total. The Balaban J connectivity index is 0. The maximum atomic E-state index is 8.00. The number of rotatable bonds is 0. The molecule has 0 saturated carbocycles. The number of hydrogen-bond donors (Lipinski definition) is 0. The van der Waals surface area contributed by atoms with Crippen LogP contribution in [0.1, 0.15) is 0 Å². The van der Waals surface area contributed by atoms with Crippen LogP contribution in [0.5, 0.6) is 0 Å². The predicted molar refractivity (Wildman–Crippen MR) is 9.16 cm³/mol. The Bertz CT molecular complexity index is 13.5. The normalized spacial score (nSPS) is 3.00. The summed E-state index contributed by atoms with van der Waals surface area (Å²) in [4.78, 5) is 8.00. The van der Waals surface area contributed by atoms with Gasteiger partial charge in [0, 0.05) is 0 Å². The van der Waals surface area contributed by atoms with Crippen molar-refractivity contribution in [3.63, 3.8) is 0 Å². The third-order valence-corrected chi connectivity index (χ3v) is 0. The van der Waals surface area contributed by atoms with Crippen molar-refractivity contribution in [1.29, 1.82) is 0 Å². The van der Waals surface area contributed by atoms with Crippen LogP contribution in [0.15, 0.2) is 5.34 Å². The van der Waals surface area contributed by atoms with Gasteiger partial charge in [-0.25, -0.2) is 0 Å². The van der Waals surface area contributed by atoms with Gasteiger partial charge in [0.2, 0.25) is 0 Å². The summed E-state index contributed by atoms with van der Waals surface area (Å²) in [6.45, 7) is 0. The molecule has 0 spiro atoms. The van der Waals surface area contributed by atoms with E-state index in [2.05, 4.69) is 0 Å². The van der Waals surface area contributed by atoms with Crippen molar-refractivity contribution in [2.24, 2.45) is 5.34 Å². The fraction of sp³-hybridized carbons (Fsp3) is 0. The van der Waals surface area contributed by atoms with Gasteiger partial charge in [0.25, 0.3) is 0 Å². The molecule has 0 aliphatic heterocycles. The van der Waals surface area contributed by atoms with E-state index in [9.17, 15) is 0 Å². The second-order valence-corrected chi connectivity index (χ2v) is 0.0745. The quantitative estimate of drug-likeness (QED) is 0.254. The predicted octanol–water partition coefficient (Wildman–Crippen LogP) is 0.248. The summed E-state index contributed by atoms with van der Waals surface area (Å²) in [5, 5.41) is 9.00. The molecule has 4 heteroatoms. The van der Waals surface area contributed by atoms with Crippen molar-refractivity contribution in [1.82, 2.24) is 0 Å². The van der Waals surface area contributed by atoms with Gasteiger partial charge in [-0.15, -0.1) is 5.34 Å². The first kappa shape index (κ1) is 9.07. The summed E-state index contributed by atoms with van der Waals surface area (Å²) in [7, 11) is 0. The summed E-state index contributed by atoms with van der Waals surface area (Å²) in [5.74, 6) is 0. The molecule has 0 unspecified atom stereocenters. The Morgan fingerprint density at radius 3 is 1.75 bits per heavy atom. The molecule has 0 aliphatic carbocycles. The summed E-state index contributed by atoms with van der Waals surface area (Å²) in [6.07, 6.45) is 0. The van der Waals surface area contributed by atoms with E-state index < -0.39 is 0 Å². The van der Waals surface area contributed by atoms with Crippen molar-refractivity contribution in [2.75, 3.05) is 0 Å². The van der Waals surface area contributed by atoms with Crippen molar-refractivity contribution in [2.45, 2.75) is 0 Å². The van der Waals surface area contributed by atoms with Gasteiger partial charge in [0.05, 0.1) is 0 Å². The molecule has 0 fully saturated rings. The zero-order valence-electron chi connectivity index (χ0n) is 1.57. The maximum absolute atomic E-state index is 8.00. The molecule has 0 heterocycles. The van der Waals surface area contributed by atoms with Gasteiger partial charge >= 0.3 is 17.1 Å². The van der Waals surface area contributed by atoms with E-state index in [0.717, 1.165) is 5.34 Å². The first-order valence-corrected chi connectivity index (χ1v) is 0.365. The zero-order chi connectivity index (χ0) is 2.71. The van der Waals surface area contributed by atoms with Gasteiger partial charge < -0.3 is 10.1 Å². The molecule has 3 nitrogen and oxygen atoms in total. The van der Waals surface area contributed by atoms with Crippen LogP contribution in [0, 0.1) is 10.1 Å². The Morgan fingerprint density at radius 1 is 1.75 bits per heavy atom. The van der Waals surface area contributed by atoms with Gasteiger partial charge in [0.1, 0.15) is 0 Å². The van der Waals surface area contributed by atoms with Crippen molar-refractivity contribution in [3.8, 4) is 0 Å². The molecule has 0 amide bonds. The summed E-state index contributed by atoms with van der Waals surface area (Å²) < 4.78 is 0. The summed E-state index contributed by atoms with van der Waals surface area (Å²) in [5.41, 5.74) is 0. The van der Waals surface area contributed by atoms with Gasteiger partial charge in [-0.2, -0.15) is 0 Å². The average molecular weight is 110 g/mol. The van der Waals surface area contributed by atoms with E-state index in [1.165, 1.54) is 0 Å². The number of nitrogens with zero attached hydrogens (tertiary/aromatic N) is 1. The van der Waals surface area contributed by atoms with E-state index in [1.807, 2.05) is 0 Å². The van der Waals surface area contributed by atoms with Crippen molar-refractivity contribution in [3.05, 3.63) is 10.1 Å². The monoisotopic (exact) mass is 109 g/mol. The second-order valence-electron chi connectivity index (χ2n) is 0.0745. The topological polar surface area (TPSA) is 52.5 Å². The Kier molecular flexibility index (Phi) is 28.8. The van der Waals surface area contributed by atoms with E-state index in [4.69, 9.17) is 10.1 Å². The average Bonchev–Trinajstić information content (AvgIpc) is 0.918. The first-order valence-electron chi connectivity index (χ1n) is 0.365. The molecule has 4 heavy (non-hydrogen) atoms. The van der Waals surface area contributed by atoms with E-state index in [0.29, 0.717) is 0 Å². The minimum Gasteiger partial charge on any atom is -0.444 e. The molecule has 0 radical (unpaired) electrons. The van der Waals surface area contributed by atoms with Gasteiger partial charge in [0.15, 0.2) is 0 Å². The van der Waals surface area contributed by atoms with Crippen LogP contribution < -0.4 is 0 Å². The maximum Gasteiger partial charge on any atom is 1.00 e. The zero-order valence-corrected chi connectivity index (χ0v) is 2.51. The fourth-order valence-corrected chi connectivity index (χ4v) is 0. The minimum absolute atomic E-state index is 0. The molecule has 0 aliphatic rings. The molecule has 0 bridgehead atoms. The Morgan fingerprint density at radius 2 is 1.75 bits per heavy atom. The van der Waals surface area contributed by atoms with Crippen molar-refractivity contribution >= 4 is 0 Å². The van der Waals surface area contributed by atoms with Crippen LogP contribution in [0.2, 0.25) is 0 Å². The molecule has 0 rings (SSSR count). The van der Waals surface area contributed by atoms with Gasteiger partial charge in [-0.3, -0.25) is 0 Å². The molecule has 0 aromatic rings. The SMILES string of the molecule is O=N[O-].[Cu+]. The third-order valence-electron chi connectivity index (χ3n) is 0. The second kappa shape index (κ2) is 12.7. The molecule has 0 aromatic carbocycles. The van der Waals surface area contributed by atoms with Crippen LogP contribution in [0.25, 0.3) is 0 Å². The van der Waals surface area contributed by atoms with Crippen LogP contribution in [0.4, 0.5) is 0 Å². The fourth-order valence-electron chi connectivity index (χ4n) is 0. The van der Waals surface area contributed by atoms with E-state index in [1.54, 1.807) is 0 Å². The summed E-state index contributed by atoms with van der Waals surface area (Å²) in [6, 6.07) is 0. The van der Waals surface area contributed by atoms with Gasteiger partial charge in [-0.1, -0.05) is 0 Å². The molecule has 0 aromatic heterocycles. The molecule has 28 valence electrons. The molecule has 0 atom stereocenters. The molecular weight excluding hydrogens is 110 g/mol. The van der Waals surface area contributed by atoms with Crippen LogP contribution >= 0.6 is 0 Å². The van der Waals surface area contributed by atoms with Crippen LogP contribution in [-0.4, -0.2) is 0 Å². The van der Waals surface area contributed by atoms with Gasteiger partial charge in [-0.05, 0) is 0 Å². The summed E-state index contributed by atoms with van der Waals surface area (Å²) >= 11 is 0. The first-order chi connectivity index (χ1) is 1.41. The Labute approximate surface area is 33.4 Å². The smallest absolute Gasteiger partial charge is 0.444 e. The minimum atomic E-state index is 0. The van der Waals surface area contributed by atoms with Crippen LogP contribution in [-0.2, 0) is 17.1 Å². The Hall–Kier alpha value is -0.0805. The van der Waals surface area contributed by atoms with Crippen LogP contribution in [0.3, 0.4) is 0 Å². The standard InChI is InChI=1S/Cu.HNO2/c;2-1-3/h;(H,2,3)/q+1;/p-1. The third kappa shape index (κ3) is 250. The van der Waals surface area contributed by atoms with E-state index in [-0.39, 0.29) is 17.1 Å². The number of hydrogen-bond acceptors (Lipinski definition) is 3. The van der Waals surface area contributed by atoms with E-state index >= 15 is 0 Å². The largest absolute Gasteiger partial charge is 1.00 e.